The zero-order chi connectivity index (χ0) is 14.7. The molecule has 2 aliphatic rings. The van der Waals surface area contributed by atoms with Crippen LogP contribution in [0.3, 0.4) is 0 Å². The van der Waals surface area contributed by atoms with Gasteiger partial charge in [-0.1, -0.05) is 24.3 Å². The summed E-state index contributed by atoms with van der Waals surface area (Å²) in [7, 11) is 1.93. The summed E-state index contributed by atoms with van der Waals surface area (Å²) >= 11 is 0. The molecule has 1 aromatic carbocycles. The van der Waals surface area contributed by atoms with Crippen LogP contribution in [0.4, 0.5) is 0 Å². The summed E-state index contributed by atoms with van der Waals surface area (Å²) in [6.45, 7) is 5.07. The third-order valence-electron chi connectivity index (χ3n) is 4.68. The average molecular weight is 287 g/mol. The predicted octanol–water partition coefficient (Wildman–Crippen LogP) is 1.43. The van der Waals surface area contributed by atoms with E-state index in [1.807, 2.05) is 18.0 Å². The van der Waals surface area contributed by atoms with E-state index in [4.69, 9.17) is 0 Å². The molecule has 0 bridgehead atoms. The Balaban J connectivity index is 1.62. The fourth-order valence-electron chi connectivity index (χ4n) is 3.35. The van der Waals surface area contributed by atoms with Gasteiger partial charge in [-0.2, -0.15) is 0 Å². The number of amides is 1. The molecule has 1 aromatic rings. The predicted molar refractivity (Wildman–Crippen MR) is 84.2 cm³/mol. The van der Waals surface area contributed by atoms with Crippen LogP contribution in [-0.2, 0) is 11.2 Å². The molecule has 114 valence electrons. The van der Waals surface area contributed by atoms with Crippen molar-refractivity contribution in [1.82, 2.24) is 15.1 Å². The van der Waals surface area contributed by atoms with E-state index >= 15 is 0 Å². The lowest BCUT2D eigenvalue weighted by atomic mass is 9.93. The Morgan fingerprint density at radius 3 is 2.90 bits per heavy atom. The highest BCUT2D eigenvalue weighted by Gasteiger charge is 2.28. The van der Waals surface area contributed by atoms with E-state index in [0.29, 0.717) is 0 Å². The summed E-state index contributed by atoms with van der Waals surface area (Å²) in [5, 5.41) is 3.38. The molecule has 0 aliphatic carbocycles. The van der Waals surface area contributed by atoms with E-state index in [2.05, 4.69) is 28.4 Å². The number of fused-ring (bicyclic) bond motifs is 1. The molecule has 4 nitrogen and oxygen atoms in total. The van der Waals surface area contributed by atoms with Crippen LogP contribution in [0.25, 0.3) is 0 Å². The number of rotatable bonds is 4. The van der Waals surface area contributed by atoms with Crippen molar-refractivity contribution in [3.8, 4) is 0 Å². The molecule has 0 saturated carbocycles. The van der Waals surface area contributed by atoms with Crippen LogP contribution >= 0.6 is 0 Å². The molecule has 0 radical (unpaired) electrons. The Hall–Kier alpha value is -1.39. The second-order valence-electron chi connectivity index (χ2n) is 6.14. The third-order valence-corrected chi connectivity index (χ3v) is 4.68. The highest BCUT2D eigenvalue weighted by atomic mass is 16.2. The van der Waals surface area contributed by atoms with E-state index in [9.17, 15) is 4.79 Å². The van der Waals surface area contributed by atoms with Crippen molar-refractivity contribution >= 4 is 5.91 Å². The topological polar surface area (TPSA) is 35.6 Å². The summed E-state index contributed by atoms with van der Waals surface area (Å²) in [5.74, 6) is 0.196. The van der Waals surface area contributed by atoms with Crippen molar-refractivity contribution in [2.24, 2.45) is 0 Å². The van der Waals surface area contributed by atoms with E-state index in [1.165, 1.54) is 31.5 Å². The van der Waals surface area contributed by atoms with Gasteiger partial charge in [0, 0.05) is 26.7 Å². The van der Waals surface area contributed by atoms with Crippen molar-refractivity contribution in [2.45, 2.75) is 25.3 Å². The maximum absolute atomic E-state index is 12.7. The van der Waals surface area contributed by atoms with Crippen LogP contribution in [0.5, 0.6) is 0 Å². The monoisotopic (exact) mass is 287 g/mol. The Bertz CT molecular complexity index is 497. The SMILES string of the molecule is CN(CCN1CCCC1)C(=O)C1NCCc2ccccc21. The van der Waals surface area contributed by atoms with Crippen LogP contribution in [0.2, 0.25) is 0 Å². The van der Waals surface area contributed by atoms with Crippen molar-refractivity contribution in [1.29, 1.82) is 0 Å². The van der Waals surface area contributed by atoms with Crippen molar-refractivity contribution in [3.63, 3.8) is 0 Å². The molecule has 1 unspecified atom stereocenters. The van der Waals surface area contributed by atoms with E-state index in [0.717, 1.165) is 31.6 Å². The van der Waals surface area contributed by atoms with Crippen molar-refractivity contribution in [2.75, 3.05) is 39.8 Å². The van der Waals surface area contributed by atoms with Crippen LogP contribution in [0.15, 0.2) is 24.3 Å². The van der Waals surface area contributed by atoms with Gasteiger partial charge >= 0.3 is 0 Å². The number of nitrogens with one attached hydrogen (secondary N) is 1. The second kappa shape index (κ2) is 6.58. The summed E-state index contributed by atoms with van der Waals surface area (Å²) in [4.78, 5) is 17.0. The molecule has 3 rings (SSSR count). The van der Waals surface area contributed by atoms with Gasteiger partial charge in [0.25, 0.3) is 0 Å². The zero-order valence-corrected chi connectivity index (χ0v) is 12.8. The number of hydrogen-bond donors (Lipinski definition) is 1. The van der Waals surface area contributed by atoms with Gasteiger partial charge in [-0.25, -0.2) is 0 Å². The molecule has 1 atom stereocenters. The Kier molecular flexibility index (Phi) is 4.56. The third kappa shape index (κ3) is 3.27. The van der Waals surface area contributed by atoms with Gasteiger partial charge in [0.1, 0.15) is 6.04 Å². The number of likely N-dealkylation sites (tertiary alicyclic amines) is 1. The molecule has 1 fully saturated rings. The molecule has 2 aliphatic heterocycles. The Labute approximate surface area is 127 Å². The van der Waals surface area contributed by atoms with Crippen molar-refractivity contribution in [3.05, 3.63) is 35.4 Å². The maximum Gasteiger partial charge on any atom is 0.244 e. The van der Waals surface area contributed by atoms with Gasteiger partial charge in [0.2, 0.25) is 5.91 Å². The van der Waals surface area contributed by atoms with Crippen molar-refractivity contribution < 1.29 is 4.79 Å². The van der Waals surface area contributed by atoms with Gasteiger partial charge in [-0.15, -0.1) is 0 Å². The summed E-state index contributed by atoms with van der Waals surface area (Å²) in [6, 6.07) is 8.14. The molecule has 0 aromatic heterocycles. The quantitative estimate of drug-likeness (QED) is 0.910. The van der Waals surface area contributed by atoms with Crippen LogP contribution in [0.1, 0.15) is 30.0 Å². The van der Waals surface area contributed by atoms with Crippen LogP contribution < -0.4 is 5.32 Å². The highest BCUT2D eigenvalue weighted by molar-refractivity contribution is 5.83. The first kappa shape index (κ1) is 14.5. The minimum atomic E-state index is -0.168. The largest absolute Gasteiger partial charge is 0.343 e. The minimum absolute atomic E-state index is 0.168. The molecule has 4 heteroatoms. The van der Waals surface area contributed by atoms with Crippen LogP contribution in [-0.4, -0.2) is 55.5 Å². The first-order valence-corrected chi connectivity index (χ1v) is 8.04. The lowest BCUT2D eigenvalue weighted by molar-refractivity contribution is -0.132. The summed E-state index contributed by atoms with van der Waals surface area (Å²) in [6.07, 6.45) is 3.61. The lowest BCUT2D eigenvalue weighted by Gasteiger charge is -2.30. The standard InChI is InChI=1S/C17H25N3O/c1-19(12-13-20-10-4-5-11-20)17(21)16-15-7-3-2-6-14(15)8-9-18-16/h2-3,6-7,16,18H,4-5,8-13H2,1H3. The molecular weight excluding hydrogens is 262 g/mol. The first-order chi connectivity index (χ1) is 10.3. The average Bonchev–Trinajstić information content (AvgIpc) is 3.05. The maximum atomic E-state index is 12.7. The van der Waals surface area contributed by atoms with E-state index < -0.39 is 0 Å². The number of carbonyl (C=O) groups excluding carboxylic acids is 1. The smallest absolute Gasteiger partial charge is 0.244 e. The fraction of sp³-hybridized carbons (Fsp3) is 0.588. The summed E-state index contributed by atoms with van der Waals surface area (Å²) in [5.41, 5.74) is 2.46. The minimum Gasteiger partial charge on any atom is -0.343 e. The molecule has 21 heavy (non-hydrogen) atoms. The van der Waals surface area contributed by atoms with E-state index in [1.54, 1.807) is 0 Å². The summed E-state index contributed by atoms with van der Waals surface area (Å²) < 4.78 is 0. The Morgan fingerprint density at radius 1 is 1.33 bits per heavy atom. The zero-order valence-electron chi connectivity index (χ0n) is 12.8. The molecule has 1 amide bonds. The first-order valence-electron chi connectivity index (χ1n) is 8.04. The fourth-order valence-corrected chi connectivity index (χ4v) is 3.35. The molecule has 1 N–H and O–H groups in total. The molecule has 0 spiro atoms. The van der Waals surface area contributed by atoms with E-state index in [-0.39, 0.29) is 11.9 Å². The van der Waals surface area contributed by atoms with Crippen LogP contribution in [0, 0.1) is 0 Å². The number of hydrogen-bond acceptors (Lipinski definition) is 3. The van der Waals surface area contributed by atoms with Gasteiger partial charge < -0.3 is 15.1 Å². The van der Waals surface area contributed by atoms with Gasteiger partial charge in [-0.3, -0.25) is 4.79 Å². The molecule has 1 saturated heterocycles. The number of carbonyl (C=O) groups is 1. The molecular formula is C17H25N3O. The number of nitrogens with zero attached hydrogens (tertiary/aromatic N) is 2. The number of benzene rings is 1. The lowest BCUT2D eigenvalue weighted by Crippen LogP contribution is -2.44. The van der Waals surface area contributed by atoms with Gasteiger partial charge in [-0.05, 0) is 43.5 Å². The van der Waals surface area contributed by atoms with Gasteiger partial charge in [0.05, 0.1) is 0 Å². The molecule has 2 heterocycles. The number of likely N-dealkylation sites (N-methyl/N-ethyl adjacent to an activating group) is 1. The highest BCUT2D eigenvalue weighted by Crippen LogP contribution is 2.24. The second-order valence-corrected chi connectivity index (χ2v) is 6.14. The Morgan fingerprint density at radius 2 is 2.10 bits per heavy atom. The normalized spacial score (nSPS) is 22.0. The van der Waals surface area contributed by atoms with Gasteiger partial charge in [0.15, 0.2) is 0 Å².